The monoisotopic (exact) mass is 540 g/mol. The number of unbranched alkanes of at least 4 members (excludes halogenated alkanes) is 26. The van der Waals surface area contributed by atoms with Crippen molar-refractivity contribution in [2.24, 2.45) is 0 Å². The Labute approximate surface area is 246 Å². The normalized spacial score (nSPS) is 10.9. The summed E-state index contributed by atoms with van der Waals surface area (Å²) in [6.07, 6.45) is 38.0. The third-order valence-electron chi connectivity index (χ3n) is 6.99. The molecule has 0 amide bonds. The van der Waals surface area contributed by atoms with Gasteiger partial charge in [0.25, 0.3) is 0 Å². The second-order valence-electron chi connectivity index (χ2n) is 10.3. The van der Waals surface area contributed by atoms with Gasteiger partial charge in [0.15, 0.2) is 0 Å². The van der Waals surface area contributed by atoms with Gasteiger partial charge >= 0.3 is 51.5 Å². The second kappa shape index (κ2) is 33.0. The van der Waals surface area contributed by atoms with Crippen LogP contribution in [0.1, 0.15) is 187 Å². The Morgan fingerprint density at radius 1 is 0.394 bits per heavy atom. The average Bonchev–Trinajstić information content (AvgIpc) is 2.78. The van der Waals surface area contributed by atoms with E-state index in [9.17, 15) is 4.79 Å². The number of carbonyl (C=O) groups is 1. The molecule has 0 unspecified atom stereocenters. The van der Waals surface area contributed by atoms with Crippen LogP contribution in [0.3, 0.4) is 0 Å². The molecule has 0 radical (unpaired) electrons. The Balaban J connectivity index is 0. The van der Waals surface area contributed by atoms with Crippen LogP contribution >= 0.6 is 0 Å². The molecule has 0 spiro atoms. The van der Waals surface area contributed by atoms with Gasteiger partial charge in [0.05, 0.1) is 0 Å². The van der Waals surface area contributed by atoms with E-state index in [2.05, 4.69) is 6.92 Å². The van der Waals surface area contributed by atoms with Gasteiger partial charge in [0.2, 0.25) is 0 Å². The molecular formula is C30H60O2Sr+2. The Hall–Kier alpha value is 0.951. The molecule has 0 aliphatic rings. The molecule has 3 heteroatoms. The Morgan fingerprint density at radius 3 is 0.758 bits per heavy atom. The zero-order valence-corrected chi connectivity index (χ0v) is 26.3. The fourth-order valence-corrected chi connectivity index (χ4v) is 4.77. The van der Waals surface area contributed by atoms with E-state index >= 15 is 0 Å². The predicted molar refractivity (Wildman–Crippen MR) is 148 cm³/mol. The van der Waals surface area contributed by atoms with Crippen LogP contribution in [0.5, 0.6) is 0 Å². The molecule has 0 aromatic rings. The molecule has 0 saturated heterocycles. The Morgan fingerprint density at radius 2 is 0.576 bits per heavy atom. The summed E-state index contributed by atoms with van der Waals surface area (Å²) in [7, 11) is 0. The topological polar surface area (TPSA) is 37.3 Å². The minimum absolute atomic E-state index is 0. The largest absolute Gasteiger partial charge is 2.00 e. The smallest absolute Gasteiger partial charge is 0.481 e. The third kappa shape index (κ3) is 35.2. The summed E-state index contributed by atoms with van der Waals surface area (Å²) in [4.78, 5) is 10.4. The van der Waals surface area contributed by atoms with Crippen LogP contribution in [0.4, 0.5) is 0 Å². The molecule has 0 aromatic heterocycles. The first-order chi connectivity index (χ1) is 15.8. The molecule has 2 nitrogen and oxygen atoms in total. The van der Waals surface area contributed by atoms with Crippen molar-refractivity contribution in [2.45, 2.75) is 187 Å². The van der Waals surface area contributed by atoms with Gasteiger partial charge in [0.1, 0.15) is 0 Å². The van der Waals surface area contributed by atoms with Crippen LogP contribution < -0.4 is 0 Å². The Bertz CT molecular complexity index is 359. The molecule has 0 heterocycles. The van der Waals surface area contributed by atoms with Crippen molar-refractivity contribution in [1.82, 2.24) is 0 Å². The summed E-state index contributed by atoms with van der Waals surface area (Å²) in [5, 5.41) is 8.61. The molecule has 0 aliphatic heterocycles. The first-order valence-corrected chi connectivity index (χ1v) is 15.0. The fourth-order valence-electron chi connectivity index (χ4n) is 4.77. The SMILES string of the molecule is CCCCCCCCCCCCCCCCCCCCCCCCCCCCCC(=O)O.[Sr+2]. The zero-order chi connectivity index (χ0) is 23.4. The molecular weight excluding hydrogens is 480 g/mol. The molecule has 0 saturated carbocycles. The van der Waals surface area contributed by atoms with E-state index in [-0.39, 0.29) is 45.5 Å². The van der Waals surface area contributed by atoms with E-state index < -0.39 is 5.97 Å². The van der Waals surface area contributed by atoms with Crippen LogP contribution in [0.15, 0.2) is 0 Å². The van der Waals surface area contributed by atoms with Gasteiger partial charge in [-0.3, -0.25) is 4.79 Å². The molecule has 0 aromatic carbocycles. The fraction of sp³-hybridized carbons (Fsp3) is 0.967. The number of carboxylic acids is 1. The first kappa shape index (κ1) is 36.1. The van der Waals surface area contributed by atoms with Crippen molar-refractivity contribution < 1.29 is 9.90 Å². The van der Waals surface area contributed by atoms with Gasteiger partial charge in [0, 0.05) is 6.42 Å². The second-order valence-corrected chi connectivity index (χ2v) is 10.3. The summed E-state index contributed by atoms with van der Waals surface area (Å²) in [6, 6.07) is 0. The molecule has 0 fully saturated rings. The van der Waals surface area contributed by atoms with Crippen LogP contribution in [0.2, 0.25) is 0 Å². The van der Waals surface area contributed by atoms with Gasteiger partial charge in [-0.2, -0.15) is 0 Å². The summed E-state index contributed by atoms with van der Waals surface area (Å²) >= 11 is 0. The summed E-state index contributed by atoms with van der Waals surface area (Å²) < 4.78 is 0. The van der Waals surface area contributed by atoms with Gasteiger partial charge in [-0.05, 0) is 6.42 Å². The van der Waals surface area contributed by atoms with Crippen LogP contribution in [0, 0.1) is 0 Å². The molecule has 0 atom stereocenters. The third-order valence-corrected chi connectivity index (χ3v) is 6.99. The van der Waals surface area contributed by atoms with E-state index in [1.807, 2.05) is 0 Å². The first-order valence-electron chi connectivity index (χ1n) is 15.0. The van der Waals surface area contributed by atoms with Crippen molar-refractivity contribution in [1.29, 1.82) is 0 Å². The van der Waals surface area contributed by atoms with E-state index in [4.69, 9.17) is 5.11 Å². The maximum Gasteiger partial charge on any atom is 2.00 e. The number of carboxylic acid groups (broad SMARTS) is 1. The number of aliphatic carboxylic acids is 1. The van der Waals surface area contributed by atoms with Crippen molar-refractivity contribution in [3.63, 3.8) is 0 Å². The van der Waals surface area contributed by atoms with Crippen LogP contribution in [-0.2, 0) is 4.79 Å². The van der Waals surface area contributed by atoms with E-state index in [0.717, 1.165) is 12.8 Å². The molecule has 0 bridgehead atoms. The number of hydrogen-bond donors (Lipinski definition) is 1. The van der Waals surface area contributed by atoms with Crippen LogP contribution in [-0.4, -0.2) is 56.6 Å². The quantitative estimate of drug-likeness (QED) is 0.0792. The van der Waals surface area contributed by atoms with Gasteiger partial charge in [-0.25, -0.2) is 0 Å². The van der Waals surface area contributed by atoms with Gasteiger partial charge in [-0.1, -0.05) is 174 Å². The minimum Gasteiger partial charge on any atom is -0.481 e. The van der Waals surface area contributed by atoms with Crippen LogP contribution in [0.25, 0.3) is 0 Å². The van der Waals surface area contributed by atoms with Gasteiger partial charge in [-0.15, -0.1) is 0 Å². The van der Waals surface area contributed by atoms with E-state index in [1.54, 1.807) is 0 Å². The maximum atomic E-state index is 10.4. The standard InChI is InChI=1S/C30H60O2.Sr/c1-2-3-4-5-6-7-8-9-10-11-12-13-14-15-16-17-18-19-20-21-22-23-24-25-26-27-28-29-30(31)32;/h2-29H2,1H3,(H,31,32);/q;+2. The van der Waals surface area contributed by atoms with Crippen molar-refractivity contribution >= 4 is 51.5 Å². The molecule has 192 valence electrons. The minimum atomic E-state index is -0.649. The van der Waals surface area contributed by atoms with E-state index in [0.29, 0.717) is 6.42 Å². The Kier molecular flexibility index (Phi) is 36.1. The molecule has 33 heavy (non-hydrogen) atoms. The predicted octanol–water partition coefficient (Wildman–Crippen LogP) is 10.6. The zero-order valence-electron chi connectivity index (χ0n) is 22.9. The maximum absolute atomic E-state index is 10.4. The van der Waals surface area contributed by atoms with Gasteiger partial charge < -0.3 is 5.11 Å². The van der Waals surface area contributed by atoms with Crippen molar-refractivity contribution in [2.75, 3.05) is 0 Å². The summed E-state index contributed by atoms with van der Waals surface area (Å²) in [5.74, 6) is -0.649. The van der Waals surface area contributed by atoms with Crippen molar-refractivity contribution in [3.8, 4) is 0 Å². The van der Waals surface area contributed by atoms with Crippen molar-refractivity contribution in [3.05, 3.63) is 0 Å². The number of rotatable bonds is 28. The molecule has 1 N–H and O–H groups in total. The number of hydrogen-bond acceptors (Lipinski definition) is 1. The average molecular weight is 540 g/mol. The summed E-state index contributed by atoms with van der Waals surface area (Å²) in [5.41, 5.74) is 0. The van der Waals surface area contributed by atoms with E-state index in [1.165, 1.54) is 161 Å². The molecule has 0 aliphatic carbocycles. The molecule has 0 rings (SSSR count). The summed E-state index contributed by atoms with van der Waals surface area (Å²) in [6.45, 7) is 2.30.